The molecule has 0 radical (unpaired) electrons. The molecular formula is C9H16. The Balaban J connectivity index is 3.26. The van der Waals surface area contributed by atoms with Gasteiger partial charge in [-0.3, -0.25) is 0 Å². The van der Waals surface area contributed by atoms with E-state index in [-0.39, 0.29) is 0 Å². The molecular weight excluding hydrogens is 108 g/mol. The largest absolute Gasteiger partial charge is 0.0996 e. The Kier molecular flexibility index (Phi) is 5.29. The maximum Gasteiger partial charge on any atom is -0.0142 e. The summed E-state index contributed by atoms with van der Waals surface area (Å²) in [5.41, 5.74) is 1.32. The summed E-state index contributed by atoms with van der Waals surface area (Å²) in [6, 6.07) is 0. The van der Waals surface area contributed by atoms with Crippen molar-refractivity contribution in [3.05, 3.63) is 24.3 Å². The van der Waals surface area contributed by atoms with Crippen molar-refractivity contribution in [3.8, 4) is 0 Å². The molecule has 0 aliphatic carbocycles. The van der Waals surface area contributed by atoms with E-state index in [9.17, 15) is 0 Å². The maximum atomic E-state index is 3.89. The van der Waals surface area contributed by atoms with Crippen LogP contribution in [0.4, 0.5) is 0 Å². The summed E-state index contributed by atoms with van der Waals surface area (Å²) in [6.07, 6.45) is 7.67. The average Bonchev–Trinajstić information content (AvgIpc) is 1.89. The number of hydrogen-bond acceptors (Lipinski definition) is 0. The first kappa shape index (κ1) is 8.48. The highest BCUT2D eigenvalue weighted by Gasteiger charge is 1.82. The van der Waals surface area contributed by atoms with Gasteiger partial charge >= 0.3 is 0 Å². The standard InChI is InChI=1S/C9H16/c1-4-6-7-8-9(3)5-2/h6-7H,3-5,8H2,1-2H3. The molecule has 0 aromatic carbocycles. The molecule has 0 nitrogen and oxygen atoms in total. The molecule has 0 aliphatic rings. The van der Waals surface area contributed by atoms with Crippen LogP contribution in [-0.4, -0.2) is 0 Å². The average molecular weight is 124 g/mol. The lowest BCUT2D eigenvalue weighted by Crippen LogP contribution is -1.72. The zero-order valence-corrected chi connectivity index (χ0v) is 6.48. The molecule has 0 rings (SSSR count). The number of hydrogen-bond donors (Lipinski definition) is 0. The second-order valence-corrected chi connectivity index (χ2v) is 2.19. The molecule has 52 valence electrons. The van der Waals surface area contributed by atoms with Crippen molar-refractivity contribution in [1.29, 1.82) is 0 Å². The summed E-state index contributed by atoms with van der Waals surface area (Å²) < 4.78 is 0. The molecule has 0 N–H and O–H groups in total. The Bertz CT molecular complexity index is 98.6. The van der Waals surface area contributed by atoms with Crippen LogP contribution >= 0.6 is 0 Å². The Morgan fingerprint density at radius 3 is 2.44 bits per heavy atom. The van der Waals surface area contributed by atoms with Gasteiger partial charge < -0.3 is 0 Å². The Morgan fingerprint density at radius 1 is 1.33 bits per heavy atom. The fraction of sp³-hybridized carbons (Fsp3) is 0.556. The zero-order chi connectivity index (χ0) is 7.11. The van der Waals surface area contributed by atoms with Gasteiger partial charge in [0.25, 0.3) is 0 Å². The van der Waals surface area contributed by atoms with E-state index in [1.807, 2.05) is 0 Å². The van der Waals surface area contributed by atoms with Gasteiger partial charge in [0.15, 0.2) is 0 Å². The van der Waals surface area contributed by atoms with Crippen LogP contribution in [0.5, 0.6) is 0 Å². The molecule has 0 heterocycles. The molecule has 0 fully saturated rings. The van der Waals surface area contributed by atoms with E-state index in [2.05, 4.69) is 32.6 Å². The topological polar surface area (TPSA) is 0 Å². The van der Waals surface area contributed by atoms with Gasteiger partial charge in [-0.15, -0.1) is 0 Å². The van der Waals surface area contributed by atoms with Crippen molar-refractivity contribution in [3.63, 3.8) is 0 Å². The molecule has 0 atom stereocenters. The van der Waals surface area contributed by atoms with Gasteiger partial charge in [0.05, 0.1) is 0 Å². The Labute approximate surface area is 58.3 Å². The fourth-order valence-corrected chi connectivity index (χ4v) is 0.561. The molecule has 0 aromatic rings. The number of allylic oxidation sites excluding steroid dienone is 3. The first-order chi connectivity index (χ1) is 4.31. The van der Waals surface area contributed by atoms with Crippen LogP contribution in [0.15, 0.2) is 24.3 Å². The lowest BCUT2D eigenvalue weighted by Gasteiger charge is -1.92. The summed E-state index contributed by atoms with van der Waals surface area (Å²) in [7, 11) is 0. The smallest absolute Gasteiger partial charge is 0.0142 e. The lowest BCUT2D eigenvalue weighted by atomic mass is 10.1. The first-order valence-corrected chi connectivity index (χ1v) is 3.62. The van der Waals surface area contributed by atoms with Gasteiger partial charge in [0.2, 0.25) is 0 Å². The third-order valence-corrected chi connectivity index (χ3v) is 1.31. The van der Waals surface area contributed by atoms with Gasteiger partial charge in [-0.1, -0.05) is 38.2 Å². The molecule has 0 amide bonds. The maximum absolute atomic E-state index is 3.89. The molecule has 0 aromatic heterocycles. The Morgan fingerprint density at radius 2 is 2.00 bits per heavy atom. The van der Waals surface area contributed by atoms with Gasteiger partial charge in [-0.2, -0.15) is 0 Å². The van der Waals surface area contributed by atoms with Crippen LogP contribution in [-0.2, 0) is 0 Å². The van der Waals surface area contributed by atoms with Gasteiger partial charge in [-0.25, -0.2) is 0 Å². The predicted molar refractivity (Wildman–Crippen MR) is 43.5 cm³/mol. The molecule has 0 aliphatic heterocycles. The molecule has 0 saturated heterocycles. The van der Waals surface area contributed by atoms with E-state index in [0.717, 1.165) is 19.3 Å². The van der Waals surface area contributed by atoms with Gasteiger partial charge in [0, 0.05) is 0 Å². The van der Waals surface area contributed by atoms with Crippen LogP contribution in [0.3, 0.4) is 0 Å². The third-order valence-electron chi connectivity index (χ3n) is 1.31. The second-order valence-electron chi connectivity index (χ2n) is 2.19. The lowest BCUT2D eigenvalue weighted by molar-refractivity contribution is 1.03. The molecule has 0 bridgehead atoms. The number of rotatable bonds is 4. The molecule has 0 unspecified atom stereocenters. The van der Waals surface area contributed by atoms with Gasteiger partial charge in [0.1, 0.15) is 0 Å². The van der Waals surface area contributed by atoms with E-state index in [1.54, 1.807) is 0 Å². The molecule has 0 spiro atoms. The van der Waals surface area contributed by atoms with E-state index in [4.69, 9.17) is 0 Å². The third kappa shape index (κ3) is 5.35. The first-order valence-electron chi connectivity index (χ1n) is 3.62. The van der Waals surface area contributed by atoms with Crippen molar-refractivity contribution >= 4 is 0 Å². The summed E-state index contributed by atoms with van der Waals surface area (Å²) >= 11 is 0. The SMILES string of the molecule is C=C(CC)CC=CCC. The molecule has 9 heavy (non-hydrogen) atoms. The van der Waals surface area contributed by atoms with Crippen molar-refractivity contribution in [2.24, 2.45) is 0 Å². The fourth-order valence-electron chi connectivity index (χ4n) is 0.561. The normalized spacial score (nSPS) is 10.4. The van der Waals surface area contributed by atoms with E-state index < -0.39 is 0 Å². The van der Waals surface area contributed by atoms with Crippen LogP contribution in [0.2, 0.25) is 0 Å². The van der Waals surface area contributed by atoms with Crippen molar-refractivity contribution in [2.75, 3.05) is 0 Å². The van der Waals surface area contributed by atoms with Crippen molar-refractivity contribution in [1.82, 2.24) is 0 Å². The monoisotopic (exact) mass is 124 g/mol. The molecule has 0 heteroatoms. The van der Waals surface area contributed by atoms with Crippen molar-refractivity contribution in [2.45, 2.75) is 33.1 Å². The van der Waals surface area contributed by atoms with Gasteiger partial charge in [-0.05, 0) is 19.3 Å². The predicted octanol–water partition coefficient (Wildman–Crippen LogP) is 3.31. The van der Waals surface area contributed by atoms with Crippen LogP contribution < -0.4 is 0 Å². The highest BCUT2D eigenvalue weighted by molar-refractivity contribution is 5.00. The summed E-state index contributed by atoms with van der Waals surface area (Å²) in [6.45, 7) is 8.18. The van der Waals surface area contributed by atoms with Crippen LogP contribution in [0, 0.1) is 0 Å². The van der Waals surface area contributed by atoms with E-state index in [0.29, 0.717) is 0 Å². The Hall–Kier alpha value is -0.520. The minimum atomic E-state index is 1.06. The minimum Gasteiger partial charge on any atom is -0.0996 e. The minimum absolute atomic E-state index is 1.06. The zero-order valence-electron chi connectivity index (χ0n) is 6.48. The second kappa shape index (κ2) is 5.61. The van der Waals surface area contributed by atoms with E-state index >= 15 is 0 Å². The van der Waals surface area contributed by atoms with E-state index in [1.165, 1.54) is 5.57 Å². The van der Waals surface area contributed by atoms with Crippen LogP contribution in [0.1, 0.15) is 33.1 Å². The highest BCUT2D eigenvalue weighted by Crippen LogP contribution is 2.02. The highest BCUT2D eigenvalue weighted by atomic mass is 13.9. The molecule has 0 saturated carbocycles. The van der Waals surface area contributed by atoms with Crippen LogP contribution in [0.25, 0.3) is 0 Å². The quantitative estimate of drug-likeness (QED) is 0.504. The summed E-state index contributed by atoms with van der Waals surface area (Å²) in [5, 5.41) is 0. The summed E-state index contributed by atoms with van der Waals surface area (Å²) in [5.74, 6) is 0. The van der Waals surface area contributed by atoms with Crippen molar-refractivity contribution < 1.29 is 0 Å². The summed E-state index contributed by atoms with van der Waals surface area (Å²) in [4.78, 5) is 0.